The Kier molecular flexibility index (Phi) is 5.93. The molecule has 3 aromatic carbocycles. The molecule has 0 bridgehead atoms. The fraction of sp³-hybridized carbons (Fsp3) is 0.167. The Morgan fingerprint density at radius 2 is 1.71 bits per heavy atom. The van der Waals surface area contributed by atoms with Gasteiger partial charge in [0.1, 0.15) is 17.4 Å². The van der Waals surface area contributed by atoms with Gasteiger partial charge in [-0.2, -0.15) is 0 Å². The van der Waals surface area contributed by atoms with Crippen LogP contribution in [-0.2, 0) is 22.4 Å². The highest BCUT2D eigenvalue weighted by Crippen LogP contribution is 2.28. The largest absolute Gasteiger partial charge is 0.493 e. The van der Waals surface area contributed by atoms with Crippen molar-refractivity contribution in [3.63, 3.8) is 0 Å². The van der Waals surface area contributed by atoms with Gasteiger partial charge in [0.25, 0.3) is 0 Å². The quantitative estimate of drug-likeness (QED) is 0.612. The van der Waals surface area contributed by atoms with Crippen LogP contribution in [0, 0.1) is 11.6 Å². The van der Waals surface area contributed by atoms with Crippen molar-refractivity contribution in [2.24, 2.45) is 0 Å². The van der Waals surface area contributed by atoms with Crippen molar-refractivity contribution in [2.75, 3.05) is 11.9 Å². The summed E-state index contributed by atoms with van der Waals surface area (Å²) < 4.78 is 32.8. The van der Waals surface area contributed by atoms with Gasteiger partial charge in [0.2, 0.25) is 0 Å². The first-order chi connectivity index (χ1) is 15.0. The SMILES string of the molecule is O=C(Nc1ccc2c(c1)CCO2)C(=O)NC(Cc1cccc(F)c1)c1cccc(F)c1. The normalized spacial score (nSPS) is 13.1. The third-order valence-electron chi connectivity index (χ3n) is 5.04. The maximum absolute atomic E-state index is 13.8. The summed E-state index contributed by atoms with van der Waals surface area (Å²) in [5.41, 5.74) is 2.52. The molecule has 3 aromatic rings. The first kappa shape index (κ1) is 20.5. The topological polar surface area (TPSA) is 67.4 Å². The van der Waals surface area contributed by atoms with Gasteiger partial charge >= 0.3 is 11.8 Å². The molecule has 0 saturated carbocycles. The van der Waals surface area contributed by atoms with Crippen LogP contribution in [0.15, 0.2) is 66.7 Å². The summed E-state index contributed by atoms with van der Waals surface area (Å²) in [7, 11) is 0. The second-order valence-corrected chi connectivity index (χ2v) is 7.29. The summed E-state index contributed by atoms with van der Waals surface area (Å²) in [6, 6.07) is 16.1. The third kappa shape index (κ3) is 5.06. The molecule has 0 saturated heterocycles. The zero-order valence-corrected chi connectivity index (χ0v) is 16.5. The van der Waals surface area contributed by atoms with Crippen LogP contribution in [0.2, 0.25) is 0 Å². The summed E-state index contributed by atoms with van der Waals surface area (Å²) in [5.74, 6) is -1.84. The number of amides is 2. The fourth-order valence-corrected chi connectivity index (χ4v) is 3.55. The zero-order chi connectivity index (χ0) is 21.8. The van der Waals surface area contributed by atoms with E-state index in [1.807, 2.05) is 0 Å². The van der Waals surface area contributed by atoms with E-state index in [1.54, 1.807) is 36.4 Å². The summed E-state index contributed by atoms with van der Waals surface area (Å²) in [6.45, 7) is 0.586. The average Bonchev–Trinajstić information content (AvgIpc) is 3.21. The number of halogens is 2. The minimum Gasteiger partial charge on any atom is -0.493 e. The molecule has 0 aliphatic carbocycles. The van der Waals surface area contributed by atoms with Gasteiger partial charge in [0, 0.05) is 12.1 Å². The molecule has 5 nitrogen and oxygen atoms in total. The lowest BCUT2D eigenvalue weighted by Crippen LogP contribution is -2.38. The molecular formula is C24H20F2N2O3. The molecule has 1 aliphatic rings. The standard InChI is InChI=1S/C24H20F2N2O3/c25-18-5-1-3-15(11-18)12-21(16-4-2-6-19(26)13-16)28-24(30)23(29)27-20-7-8-22-17(14-20)9-10-31-22/h1-8,11,13-14,21H,9-10,12H2,(H,27,29)(H,28,30). The number of rotatable bonds is 5. The monoisotopic (exact) mass is 422 g/mol. The number of carbonyl (C=O) groups excluding carboxylic acids is 2. The highest BCUT2D eigenvalue weighted by atomic mass is 19.1. The van der Waals surface area contributed by atoms with Gasteiger partial charge in [0.05, 0.1) is 12.6 Å². The molecule has 31 heavy (non-hydrogen) atoms. The van der Waals surface area contributed by atoms with E-state index in [-0.39, 0.29) is 6.42 Å². The number of hydrogen-bond donors (Lipinski definition) is 2. The number of nitrogens with one attached hydrogen (secondary N) is 2. The number of anilines is 1. The van der Waals surface area contributed by atoms with Crippen molar-refractivity contribution < 1.29 is 23.1 Å². The number of carbonyl (C=O) groups is 2. The summed E-state index contributed by atoms with van der Waals surface area (Å²) in [5, 5.41) is 5.21. The number of hydrogen-bond acceptors (Lipinski definition) is 3. The average molecular weight is 422 g/mol. The summed E-state index contributed by atoms with van der Waals surface area (Å²) in [4.78, 5) is 25.1. The Balaban J connectivity index is 1.50. The minimum atomic E-state index is -0.873. The number of ether oxygens (including phenoxy) is 1. The Labute approximate surface area is 178 Å². The number of fused-ring (bicyclic) bond motifs is 1. The Morgan fingerprint density at radius 3 is 2.48 bits per heavy atom. The van der Waals surface area contributed by atoms with Gasteiger partial charge in [-0.1, -0.05) is 24.3 Å². The van der Waals surface area contributed by atoms with Crippen molar-refractivity contribution in [2.45, 2.75) is 18.9 Å². The van der Waals surface area contributed by atoms with E-state index in [4.69, 9.17) is 4.74 Å². The lowest BCUT2D eigenvalue weighted by molar-refractivity contribution is -0.136. The third-order valence-corrected chi connectivity index (χ3v) is 5.04. The van der Waals surface area contributed by atoms with Crippen molar-refractivity contribution in [3.8, 4) is 5.75 Å². The highest BCUT2D eigenvalue weighted by molar-refractivity contribution is 6.39. The Morgan fingerprint density at radius 1 is 0.935 bits per heavy atom. The predicted octanol–water partition coefficient (Wildman–Crippen LogP) is 3.94. The van der Waals surface area contributed by atoms with Crippen LogP contribution < -0.4 is 15.4 Å². The molecule has 1 unspecified atom stereocenters. The van der Waals surface area contributed by atoms with E-state index in [0.29, 0.717) is 23.4 Å². The van der Waals surface area contributed by atoms with Gasteiger partial charge in [0.15, 0.2) is 0 Å². The van der Waals surface area contributed by atoms with Crippen molar-refractivity contribution in [1.29, 1.82) is 0 Å². The van der Waals surface area contributed by atoms with Crippen LogP contribution in [0.4, 0.5) is 14.5 Å². The van der Waals surface area contributed by atoms with E-state index >= 15 is 0 Å². The first-order valence-corrected chi connectivity index (χ1v) is 9.85. The molecule has 0 spiro atoms. The number of benzene rings is 3. The smallest absolute Gasteiger partial charge is 0.313 e. The molecule has 1 heterocycles. The van der Waals surface area contributed by atoms with Crippen molar-refractivity contribution >= 4 is 17.5 Å². The molecule has 2 N–H and O–H groups in total. The zero-order valence-electron chi connectivity index (χ0n) is 16.5. The molecule has 4 rings (SSSR count). The molecule has 0 aromatic heterocycles. The van der Waals surface area contributed by atoms with E-state index in [0.717, 1.165) is 17.7 Å². The van der Waals surface area contributed by atoms with Crippen LogP contribution >= 0.6 is 0 Å². The van der Waals surface area contributed by atoms with Gasteiger partial charge < -0.3 is 15.4 Å². The second-order valence-electron chi connectivity index (χ2n) is 7.29. The lowest BCUT2D eigenvalue weighted by atomic mass is 9.98. The first-order valence-electron chi connectivity index (χ1n) is 9.85. The summed E-state index contributed by atoms with van der Waals surface area (Å²) in [6.07, 6.45) is 0.928. The van der Waals surface area contributed by atoms with Crippen LogP contribution in [0.25, 0.3) is 0 Å². The molecule has 0 fully saturated rings. The van der Waals surface area contributed by atoms with Crippen molar-refractivity contribution in [1.82, 2.24) is 5.32 Å². The molecule has 2 amide bonds. The van der Waals surface area contributed by atoms with Crippen LogP contribution in [0.1, 0.15) is 22.7 Å². The minimum absolute atomic E-state index is 0.191. The van der Waals surface area contributed by atoms with E-state index in [2.05, 4.69) is 10.6 Å². The molecule has 0 radical (unpaired) electrons. The Hall–Kier alpha value is -3.74. The van der Waals surface area contributed by atoms with Crippen molar-refractivity contribution in [3.05, 3.63) is 95.1 Å². The summed E-state index contributed by atoms with van der Waals surface area (Å²) >= 11 is 0. The maximum atomic E-state index is 13.8. The van der Waals surface area contributed by atoms with Gasteiger partial charge in [-0.3, -0.25) is 9.59 Å². The molecule has 1 atom stereocenters. The second kappa shape index (κ2) is 8.95. The van der Waals surface area contributed by atoms with Gasteiger partial charge in [-0.15, -0.1) is 0 Å². The van der Waals surface area contributed by atoms with Crippen LogP contribution in [0.5, 0.6) is 5.75 Å². The van der Waals surface area contributed by atoms with Crippen LogP contribution in [-0.4, -0.2) is 18.4 Å². The molecule has 1 aliphatic heterocycles. The molecule has 7 heteroatoms. The van der Waals surface area contributed by atoms with Gasteiger partial charge in [-0.05, 0) is 65.6 Å². The van der Waals surface area contributed by atoms with Crippen LogP contribution in [0.3, 0.4) is 0 Å². The van der Waals surface area contributed by atoms with E-state index < -0.39 is 29.5 Å². The van der Waals surface area contributed by atoms with E-state index in [9.17, 15) is 18.4 Å². The highest BCUT2D eigenvalue weighted by Gasteiger charge is 2.22. The van der Waals surface area contributed by atoms with E-state index in [1.165, 1.54) is 30.3 Å². The lowest BCUT2D eigenvalue weighted by Gasteiger charge is -2.19. The van der Waals surface area contributed by atoms with Gasteiger partial charge in [-0.25, -0.2) is 8.78 Å². The maximum Gasteiger partial charge on any atom is 0.313 e. The predicted molar refractivity (Wildman–Crippen MR) is 112 cm³/mol. The fourth-order valence-electron chi connectivity index (χ4n) is 3.55. The molecular weight excluding hydrogens is 402 g/mol. The Bertz CT molecular complexity index is 1130. The molecule has 158 valence electrons.